The fourth-order valence-electron chi connectivity index (χ4n) is 3.96. The fraction of sp³-hybridized carbons (Fsp3) is 0.375. The highest BCUT2D eigenvalue weighted by molar-refractivity contribution is 5.95. The van der Waals surface area contributed by atoms with Crippen LogP contribution in [0.1, 0.15) is 49.3 Å². The maximum Gasteiger partial charge on any atom is 0.227 e. The summed E-state index contributed by atoms with van der Waals surface area (Å²) in [6, 6.07) is 15.1. The van der Waals surface area contributed by atoms with Gasteiger partial charge in [-0.05, 0) is 68.4 Å². The monoisotopic (exact) mass is 389 g/mol. The smallest absolute Gasteiger partial charge is 0.227 e. The number of carbonyl (C=O) groups is 2. The van der Waals surface area contributed by atoms with Crippen molar-refractivity contribution >= 4 is 23.2 Å². The molecule has 0 heterocycles. The number of aryl methyl sites for hydroxylation is 2. The molecular weight excluding hydrogens is 362 g/mol. The highest BCUT2D eigenvalue weighted by atomic mass is 16.2. The van der Waals surface area contributed by atoms with Gasteiger partial charge in [-0.25, -0.2) is 0 Å². The summed E-state index contributed by atoms with van der Waals surface area (Å²) in [4.78, 5) is 25.4. The normalized spacial score (nSPS) is 18.5. The average molecular weight is 389 g/mol. The summed E-state index contributed by atoms with van der Waals surface area (Å²) >= 11 is 0. The van der Waals surface area contributed by atoms with E-state index in [9.17, 15) is 9.59 Å². The van der Waals surface area contributed by atoms with Gasteiger partial charge in [-0.3, -0.25) is 9.59 Å². The van der Waals surface area contributed by atoms with Crippen molar-refractivity contribution < 1.29 is 9.59 Å². The van der Waals surface area contributed by atoms with Crippen LogP contribution in [0.4, 0.5) is 11.4 Å². The second-order valence-electron chi connectivity index (χ2n) is 7.68. The molecule has 29 heavy (non-hydrogen) atoms. The number of benzene rings is 2. The number of hydrogen-bond donors (Lipinski definition) is 2. The minimum absolute atomic E-state index is 0.0360. The van der Waals surface area contributed by atoms with Gasteiger partial charge >= 0.3 is 0 Å². The molecule has 2 amide bonds. The summed E-state index contributed by atoms with van der Waals surface area (Å²) in [6.07, 6.45) is 3.66. The summed E-state index contributed by atoms with van der Waals surface area (Å²) in [7, 11) is 0. The molecule has 0 unspecified atom stereocenters. The zero-order valence-electron chi connectivity index (χ0n) is 17.0. The van der Waals surface area contributed by atoms with E-state index in [2.05, 4.69) is 23.6 Å². The number of rotatable bonds is 5. The molecule has 2 aromatic carbocycles. The van der Waals surface area contributed by atoms with Gasteiger partial charge in [0.25, 0.3) is 0 Å². The molecule has 2 aromatic rings. The van der Waals surface area contributed by atoms with Gasteiger partial charge in [-0.2, -0.15) is 5.26 Å². The first-order valence-corrected chi connectivity index (χ1v) is 10.2. The van der Waals surface area contributed by atoms with Crippen molar-refractivity contribution in [3.63, 3.8) is 0 Å². The average Bonchev–Trinajstić information content (AvgIpc) is 2.75. The van der Waals surface area contributed by atoms with E-state index in [1.807, 2.05) is 25.1 Å². The standard InChI is InChI=1S/C24H27N3O2/c1-3-18-8-4-6-16(2)22(18)27-24(29)20-12-10-19(11-13-20)23(28)26-21-9-5-7-17(14-21)15-25/h4-9,14,19-20H,3,10-13H2,1-2H3,(H,26,28)(H,27,29). The van der Waals surface area contributed by atoms with Crippen LogP contribution in [0.25, 0.3) is 0 Å². The van der Waals surface area contributed by atoms with Gasteiger partial charge in [0.05, 0.1) is 11.6 Å². The quantitative estimate of drug-likeness (QED) is 0.770. The Bertz CT molecular complexity index is 937. The number of para-hydroxylation sites is 1. The van der Waals surface area contributed by atoms with Gasteiger partial charge in [0.1, 0.15) is 0 Å². The topological polar surface area (TPSA) is 82.0 Å². The molecule has 0 spiro atoms. The third-order valence-corrected chi connectivity index (χ3v) is 5.72. The molecule has 0 saturated heterocycles. The Morgan fingerprint density at radius 3 is 2.24 bits per heavy atom. The maximum atomic E-state index is 12.8. The van der Waals surface area contributed by atoms with Crippen molar-refractivity contribution in [3.8, 4) is 6.07 Å². The predicted octanol–water partition coefficient (Wildman–Crippen LogP) is 4.81. The maximum absolute atomic E-state index is 12.8. The zero-order valence-corrected chi connectivity index (χ0v) is 17.0. The number of nitrogens with zero attached hydrogens (tertiary/aromatic N) is 1. The molecule has 3 rings (SSSR count). The van der Waals surface area contributed by atoms with Crippen molar-refractivity contribution in [2.75, 3.05) is 10.6 Å². The van der Waals surface area contributed by atoms with E-state index >= 15 is 0 Å². The third-order valence-electron chi connectivity index (χ3n) is 5.72. The minimum Gasteiger partial charge on any atom is -0.326 e. The number of nitrogens with one attached hydrogen (secondary N) is 2. The lowest BCUT2D eigenvalue weighted by atomic mass is 9.81. The summed E-state index contributed by atoms with van der Waals surface area (Å²) < 4.78 is 0. The van der Waals surface area contributed by atoms with Crippen LogP contribution in [0.15, 0.2) is 42.5 Å². The minimum atomic E-state index is -0.102. The van der Waals surface area contributed by atoms with Crippen LogP contribution in [-0.4, -0.2) is 11.8 Å². The molecule has 0 radical (unpaired) electrons. The van der Waals surface area contributed by atoms with Crippen LogP contribution in [-0.2, 0) is 16.0 Å². The van der Waals surface area contributed by atoms with Gasteiger partial charge in [0.2, 0.25) is 11.8 Å². The summed E-state index contributed by atoms with van der Waals surface area (Å²) in [5.74, 6) is -0.152. The van der Waals surface area contributed by atoms with E-state index in [-0.39, 0.29) is 23.7 Å². The highest BCUT2D eigenvalue weighted by Gasteiger charge is 2.30. The Balaban J connectivity index is 1.55. The predicted molar refractivity (Wildman–Crippen MR) is 114 cm³/mol. The summed E-state index contributed by atoms with van der Waals surface area (Å²) in [5.41, 5.74) is 4.31. The fourth-order valence-corrected chi connectivity index (χ4v) is 3.96. The molecule has 150 valence electrons. The lowest BCUT2D eigenvalue weighted by Crippen LogP contribution is -2.32. The Labute approximate surface area is 172 Å². The molecule has 1 aliphatic rings. The molecule has 5 heteroatoms. The number of amides is 2. The van der Waals surface area contributed by atoms with Gasteiger partial charge < -0.3 is 10.6 Å². The second kappa shape index (κ2) is 9.38. The Morgan fingerprint density at radius 1 is 1.00 bits per heavy atom. The van der Waals surface area contributed by atoms with Crippen LogP contribution in [0.5, 0.6) is 0 Å². The summed E-state index contributed by atoms with van der Waals surface area (Å²) in [6.45, 7) is 4.10. The first kappa shape index (κ1) is 20.6. The number of nitriles is 1. The highest BCUT2D eigenvalue weighted by Crippen LogP contribution is 2.31. The van der Waals surface area contributed by atoms with E-state index in [4.69, 9.17) is 5.26 Å². The molecular formula is C24H27N3O2. The molecule has 0 atom stereocenters. The Kier molecular flexibility index (Phi) is 6.66. The van der Waals surface area contributed by atoms with Crippen molar-refractivity contribution in [1.82, 2.24) is 0 Å². The zero-order chi connectivity index (χ0) is 20.8. The lowest BCUT2D eigenvalue weighted by molar-refractivity contribution is -0.125. The molecule has 2 N–H and O–H groups in total. The number of hydrogen-bond acceptors (Lipinski definition) is 3. The van der Waals surface area contributed by atoms with Crippen molar-refractivity contribution in [2.24, 2.45) is 11.8 Å². The molecule has 0 aliphatic heterocycles. The van der Waals surface area contributed by atoms with Gasteiger partial charge in [0.15, 0.2) is 0 Å². The molecule has 1 aliphatic carbocycles. The van der Waals surface area contributed by atoms with E-state index in [1.54, 1.807) is 24.3 Å². The third kappa shape index (κ3) is 5.03. The van der Waals surface area contributed by atoms with E-state index in [1.165, 1.54) is 0 Å². The molecule has 1 fully saturated rings. The first-order valence-electron chi connectivity index (χ1n) is 10.2. The van der Waals surface area contributed by atoms with Crippen molar-refractivity contribution in [2.45, 2.75) is 46.0 Å². The molecule has 1 saturated carbocycles. The van der Waals surface area contributed by atoms with Crippen molar-refractivity contribution in [3.05, 3.63) is 59.2 Å². The summed E-state index contributed by atoms with van der Waals surface area (Å²) in [5, 5.41) is 15.0. The van der Waals surface area contributed by atoms with E-state index < -0.39 is 0 Å². The number of anilines is 2. The number of carbonyl (C=O) groups excluding carboxylic acids is 2. The van der Waals surface area contributed by atoms with Gasteiger partial charge in [-0.1, -0.05) is 31.2 Å². The molecule has 0 aromatic heterocycles. The van der Waals surface area contributed by atoms with Crippen LogP contribution in [0, 0.1) is 30.1 Å². The van der Waals surface area contributed by atoms with Gasteiger partial charge in [0, 0.05) is 23.2 Å². The van der Waals surface area contributed by atoms with Crippen LogP contribution < -0.4 is 10.6 Å². The van der Waals surface area contributed by atoms with Crippen molar-refractivity contribution in [1.29, 1.82) is 5.26 Å². The SMILES string of the molecule is CCc1cccc(C)c1NC(=O)C1CCC(C(=O)Nc2cccc(C#N)c2)CC1. The van der Waals surface area contributed by atoms with Crippen LogP contribution in [0.3, 0.4) is 0 Å². The van der Waals surface area contributed by atoms with E-state index in [0.717, 1.165) is 23.2 Å². The molecule has 5 nitrogen and oxygen atoms in total. The molecule has 0 bridgehead atoms. The largest absolute Gasteiger partial charge is 0.326 e. The Hall–Kier alpha value is -3.13. The lowest BCUT2D eigenvalue weighted by Gasteiger charge is -2.27. The second-order valence-corrected chi connectivity index (χ2v) is 7.68. The van der Waals surface area contributed by atoms with Crippen LogP contribution >= 0.6 is 0 Å². The van der Waals surface area contributed by atoms with E-state index in [0.29, 0.717) is 36.9 Å². The van der Waals surface area contributed by atoms with Crippen LogP contribution in [0.2, 0.25) is 0 Å². The first-order chi connectivity index (χ1) is 14.0. The Morgan fingerprint density at radius 2 is 1.62 bits per heavy atom. The van der Waals surface area contributed by atoms with Gasteiger partial charge in [-0.15, -0.1) is 0 Å².